The number of amides is 1. The number of carbonyl (C=O) groups is 2. The number of ether oxygens (including phenoxy) is 3. The molecule has 4 rings (SSSR count). The molecule has 0 saturated carbocycles. The van der Waals surface area contributed by atoms with Crippen molar-refractivity contribution in [1.82, 2.24) is 4.90 Å². The predicted octanol–water partition coefficient (Wildman–Crippen LogP) is 3.03. The van der Waals surface area contributed by atoms with Crippen LogP contribution in [0.3, 0.4) is 0 Å². The number of nitrogens with zero attached hydrogens (tertiary/aromatic N) is 2. The molecule has 1 saturated heterocycles. The molecule has 0 spiro atoms. The number of carbonyl (C=O) groups excluding carboxylic acids is 2. The maximum atomic E-state index is 12.7. The average molecular weight is 422 g/mol. The molecule has 0 atom stereocenters. The fraction of sp³-hybridized carbons (Fsp3) is 0.333. The van der Waals surface area contributed by atoms with Gasteiger partial charge < -0.3 is 24.0 Å². The molecule has 2 aliphatic heterocycles. The lowest BCUT2D eigenvalue weighted by Gasteiger charge is -2.35. The summed E-state index contributed by atoms with van der Waals surface area (Å²) in [4.78, 5) is 28.2. The van der Waals surface area contributed by atoms with Crippen LogP contribution in [0.2, 0.25) is 0 Å². The van der Waals surface area contributed by atoms with Crippen LogP contribution in [0.1, 0.15) is 22.8 Å². The highest BCUT2D eigenvalue weighted by Gasteiger charge is 2.21. The third-order valence-electron chi connectivity index (χ3n) is 5.50. The quantitative estimate of drug-likeness (QED) is 0.545. The molecule has 0 N–H and O–H groups in total. The van der Waals surface area contributed by atoms with Crippen LogP contribution in [0.15, 0.2) is 42.5 Å². The molecule has 7 nitrogen and oxygen atoms in total. The summed E-state index contributed by atoms with van der Waals surface area (Å²) in [6.45, 7) is 5.32. The molecule has 1 amide bonds. The highest BCUT2D eigenvalue weighted by molar-refractivity contribution is 5.94. The van der Waals surface area contributed by atoms with Gasteiger partial charge in [-0.1, -0.05) is 0 Å². The van der Waals surface area contributed by atoms with Crippen molar-refractivity contribution in [1.29, 1.82) is 0 Å². The fourth-order valence-corrected chi connectivity index (χ4v) is 3.75. The van der Waals surface area contributed by atoms with Crippen LogP contribution >= 0.6 is 0 Å². The lowest BCUT2D eigenvalue weighted by atomic mass is 10.1. The number of anilines is 1. The summed E-state index contributed by atoms with van der Waals surface area (Å²) in [6, 6.07) is 11.3. The van der Waals surface area contributed by atoms with Crippen molar-refractivity contribution in [3.63, 3.8) is 0 Å². The maximum Gasteiger partial charge on any atom is 0.246 e. The Hall–Kier alpha value is -3.48. The zero-order valence-electron chi connectivity index (χ0n) is 17.8. The van der Waals surface area contributed by atoms with E-state index in [-0.39, 0.29) is 11.7 Å². The first-order valence-electron chi connectivity index (χ1n) is 10.4. The summed E-state index contributed by atoms with van der Waals surface area (Å²) in [5.41, 5.74) is 2.59. The smallest absolute Gasteiger partial charge is 0.246 e. The Morgan fingerprint density at radius 2 is 1.71 bits per heavy atom. The Kier molecular flexibility index (Phi) is 6.11. The molecule has 0 unspecified atom stereocenters. The summed E-state index contributed by atoms with van der Waals surface area (Å²) in [5.74, 6) is 1.85. The van der Waals surface area contributed by atoms with Crippen molar-refractivity contribution in [3.8, 4) is 17.2 Å². The topological polar surface area (TPSA) is 68.3 Å². The van der Waals surface area contributed by atoms with E-state index in [4.69, 9.17) is 14.2 Å². The summed E-state index contributed by atoms with van der Waals surface area (Å²) < 4.78 is 16.7. The molecule has 31 heavy (non-hydrogen) atoms. The number of benzene rings is 2. The van der Waals surface area contributed by atoms with Crippen LogP contribution in [-0.4, -0.2) is 63.1 Å². The van der Waals surface area contributed by atoms with Gasteiger partial charge in [0.1, 0.15) is 13.2 Å². The number of hydrogen-bond donors (Lipinski definition) is 0. The van der Waals surface area contributed by atoms with Gasteiger partial charge in [0, 0.05) is 43.5 Å². The van der Waals surface area contributed by atoms with Crippen LogP contribution in [0, 0.1) is 0 Å². The normalized spacial score (nSPS) is 15.8. The van der Waals surface area contributed by atoms with Gasteiger partial charge in [0.05, 0.1) is 7.11 Å². The Balaban J connectivity index is 1.37. The number of Topliss-reactive ketones (excluding diaryl/α,β-unsaturated/α-hetero) is 1. The van der Waals surface area contributed by atoms with Crippen molar-refractivity contribution >= 4 is 23.5 Å². The summed E-state index contributed by atoms with van der Waals surface area (Å²) in [7, 11) is 1.58. The van der Waals surface area contributed by atoms with E-state index in [1.165, 1.54) is 0 Å². The average Bonchev–Trinajstić information content (AvgIpc) is 2.82. The molecule has 2 aromatic rings. The SMILES string of the molecule is COc1cc(C=CC(=O)N2CCN(c3ccc(C(C)=O)cc3)CC2)cc2c1OCCO2. The van der Waals surface area contributed by atoms with Gasteiger partial charge in [0.25, 0.3) is 0 Å². The fourth-order valence-electron chi connectivity index (χ4n) is 3.75. The van der Waals surface area contributed by atoms with E-state index in [1.807, 2.05) is 41.3 Å². The van der Waals surface area contributed by atoms with Crippen molar-refractivity contribution in [2.75, 3.05) is 51.4 Å². The minimum atomic E-state index is -0.0274. The van der Waals surface area contributed by atoms with Gasteiger partial charge in [-0.15, -0.1) is 0 Å². The number of ketones is 1. The Labute approximate surface area is 181 Å². The van der Waals surface area contributed by atoms with Crippen LogP contribution in [-0.2, 0) is 4.79 Å². The van der Waals surface area contributed by atoms with Crippen molar-refractivity contribution in [2.24, 2.45) is 0 Å². The summed E-state index contributed by atoms with van der Waals surface area (Å²) in [5, 5.41) is 0. The van der Waals surface area contributed by atoms with Gasteiger partial charge in [-0.25, -0.2) is 0 Å². The lowest BCUT2D eigenvalue weighted by Crippen LogP contribution is -2.48. The lowest BCUT2D eigenvalue weighted by molar-refractivity contribution is -0.126. The summed E-state index contributed by atoms with van der Waals surface area (Å²) >= 11 is 0. The van der Waals surface area contributed by atoms with Gasteiger partial charge in [-0.2, -0.15) is 0 Å². The molecule has 7 heteroatoms. The molecule has 2 aliphatic rings. The van der Waals surface area contributed by atoms with E-state index < -0.39 is 0 Å². The zero-order valence-corrected chi connectivity index (χ0v) is 17.8. The molecular formula is C24H26N2O5. The van der Waals surface area contributed by atoms with E-state index in [0.29, 0.717) is 49.1 Å². The Bertz CT molecular complexity index is 975. The molecule has 0 bridgehead atoms. The van der Waals surface area contributed by atoms with E-state index in [9.17, 15) is 9.59 Å². The Morgan fingerprint density at radius 3 is 2.39 bits per heavy atom. The molecular weight excluding hydrogens is 396 g/mol. The third-order valence-corrected chi connectivity index (χ3v) is 5.50. The van der Waals surface area contributed by atoms with Gasteiger partial charge in [0.15, 0.2) is 17.3 Å². The number of methoxy groups -OCH3 is 1. The highest BCUT2D eigenvalue weighted by Crippen LogP contribution is 2.40. The molecule has 162 valence electrons. The Morgan fingerprint density at radius 1 is 1.00 bits per heavy atom. The monoisotopic (exact) mass is 422 g/mol. The predicted molar refractivity (Wildman–Crippen MR) is 118 cm³/mol. The first kappa shape index (κ1) is 20.8. The van der Waals surface area contributed by atoms with Crippen molar-refractivity contribution < 1.29 is 23.8 Å². The maximum absolute atomic E-state index is 12.7. The zero-order chi connectivity index (χ0) is 21.8. The van der Waals surface area contributed by atoms with Gasteiger partial charge in [0.2, 0.25) is 11.7 Å². The number of rotatable bonds is 5. The highest BCUT2D eigenvalue weighted by atomic mass is 16.6. The second-order valence-corrected chi connectivity index (χ2v) is 7.50. The molecule has 0 aromatic heterocycles. The van der Waals surface area contributed by atoms with E-state index in [2.05, 4.69) is 4.90 Å². The van der Waals surface area contributed by atoms with Crippen LogP contribution in [0.5, 0.6) is 17.2 Å². The van der Waals surface area contributed by atoms with Gasteiger partial charge in [-0.3, -0.25) is 9.59 Å². The van der Waals surface area contributed by atoms with E-state index >= 15 is 0 Å². The van der Waals surface area contributed by atoms with Gasteiger partial charge >= 0.3 is 0 Å². The first-order chi connectivity index (χ1) is 15.0. The number of piperazine rings is 1. The molecule has 2 aromatic carbocycles. The largest absolute Gasteiger partial charge is 0.493 e. The number of hydrogen-bond acceptors (Lipinski definition) is 6. The van der Waals surface area contributed by atoms with Crippen molar-refractivity contribution in [3.05, 3.63) is 53.6 Å². The van der Waals surface area contributed by atoms with E-state index in [1.54, 1.807) is 26.2 Å². The van der Waals surface area contributed by atoms with E-state index in [0.717, 1.165) is 24.3 Å². The number of fused-ring (bicyclic) bond motifs is 1. The third kappa shape index (κ3) is 4.66. The first-order valence-corrected chi connectivity index (χ1v) is 10.4. The van der Waals surface area contributed by atoms with Crippen LogP contribution in [0.25, 0.3) is 6.08 Å². The minimum Gasteiger partial charge on any atom is -0.493 e. The molecule has 0 radical (unpaired) electrons. The molecule has 1 fully saturated rings. The second-order valence-electron chi connectivity index (χ2n) is 7.50. The molecule has 2 heterocycles. The second kappa shape index (κ2) is 9.12. The van der Waals surface area contributed by atoms with Crippen molar-refractivity contribution in [2.45, 2.75) is 6.92 Å². The summed E-state index contributed by atoms with van der Waals surface area (Å²) in [6.07, 6.45) is 3.36. The minimum absolute atomic E-state index is 0.0274. The van der Waals surface area contributed by atoms with Gasteiger partial charge in [-0.05, 0) is 55.0 Å². The van der Waals surface area contributed by atoms with Crippen LogP contribution in [0.4, 0.5) is 5.69 Å². The standard InChI is InChI=1S/C24H26N2O5/c1-17(27)19-4-6-20(7-5-19)25-9-11-26(12-10-25)23(28)8-3-18-15-21(29-2)24-22(16-18)30-13-14-31-24/h3-8,15-16H,9-14H2,1-2H3. The molecule has 0 aliphatic carbocycles. The van der Waals surface area contributed by atoms with Crippen LogP contribution < -0.4 is 19.1 Å².